The first-order chi connectivity index (χ1) is 13.7. The fourth-order valence-electron chi connectivity index (χ4n) is 3.71. The fraction of sp³-hybridized carbons (Fsp3) is 0.810. The van der Waals surface area contributed by atoms with E-state index in [1.807, 2.05) is 14.1 Å². The topological polar surface area (TPSA) is 79.5 Å². The summed E-state index contributed by atoms with van der Waals surface area (Å²) in [6, 6.07) is -0.473. The molecule has 0 bridgehead atoms. The Morgan fingerprint density at radius 1 is 1.21 bits per heavy atom. The van der Waals surface area contributed by atoms with Gasteiger partial charge in [0.15, 0.2) is 0 Å². The molecule has 1 amide bonds. The molecule has 0 aromatic carbocycles. The van der Waals surface area contributed by atoms with Crippen molar-refractivity contribution in [2.45, 2.75) is 83.0 Å². The van der Waals surface area contributed by atoms with Crippen LogP contribution >= 0.6 is 11.8 Å². The Morgan fingerprint density at radius 2 is 1.86 bits per heavy atom. The van der Waals surface area contributed by atoms with Crippen molar-refractivity contribution in [2.75, 3.05) is 26.4 Å². The van der Waals surface area contributed by atoms with Crippen LogP contribution in [-0.2, 0) is 4.79 Å². The quantitative estimate of drug-likeness (QED) is 0.244. The summed E-state index contributed by atoms with van der Waals surface area (Å²) in [6.45, 7) is 7.13. The van der Waals surface area contributed by atoms with Gasteiger partial charge in [-0.2, -0.15) is 0 Å². The standard InChI is InChI=1S/C21H36N4O3S/c1-21(2,3)14-17(25(15-26)16-10-8-6-7-9-11-16)18(27)19-22-23-20(28-19)29-13-12-24(4)5/h15-17H,6-14H2,1-5H3. The van der Waals surface area contributed by atoms with E-state index in [0.29, 0.717) is 11.6 Å². The third kappa shape index (κ3) is 7.74. The number of hydrogen-bond donors (Lipinski definition) is 0. The molecule has 1 aromatic heterocycles. The minimum Gasteiger partial charge on any atom is -0.408 e. The van der Waals surface area contributed by atoms with Crippen LogP contribution in [0.25, 0.3) is 0 Å². The van der Waals surface area contributed by atoms with Crippen LogP contribution in [0, 0.1) is 5.41 Å². The summed E-state index contributed by atoms with van der Waals surface area (Å²) in [5, 5.41) is 8.43. The summed E-state index contributed by atoms with van der Waals surface area (Å²) < 4.78 is 5.66. The molecule has 1 unspecified atom stereocenters. The number of ketones is 1. The van der Waals surface area contributed by atoms with E-state index in [1.165, 1.54) is 24.6 Å². The zero-order valence-electron chi connectivity index (χ0n) is 18.5. The molecule has 0 N–H and O–H groups in total. The van der Waals surface area contributed by atoms with Gasteiger partial charge in [0.2, 0.25) is 12.2 Å². The van der Waals surface area contributed by atoms with Gasteiger partial charge in [-0.05, 0) is 38.8 Å². The molecule has 1 aromatic rings. The van der Waals surface area contributed by atoms with E-state index >= 15 is 0 Å². The lowest BCUT2D eigenvalue weighted by molar-refractivity contribution is -0.122. The maximum atomic E-state index is 13.3. The Hall–Kier alpha value is -1.41. The number of nitrogens with zero attached hydrogens (tertiary/aromatic N) is 4. The first-order valence-corrected chi connectivity index (χ1v) is 11.6. The van der Waals surface area contributed by atoms with Crippen LogP contribution in [0.15, 0.2) is 9.64 Å². The molecular weight excluding hydrogens is 388 g/mol. The zero-order valence-corrected chi connectivity index (χ0v) is 19.3. The van der Waals surface area contributed by atoms with Crippen molar-refractivity contribution in [3.8, 4) is 0 Å². The van der Waals surface area contributed by atoms with E-state index in [9.17, 15) is 9.59 Å². The molecular formula is C21H36N4O3S. The number of hydrogen-bond acceptors (Lipinski definition) is 7. The Morgan fingerprint density at radius 3 is 2.41 bits per heavy atom. The second-order valence-corrected chi connectivity index (χ2v) is 10.4. The van der Waals surface area contributed by atoms with Crippen molar-refractivity contribution >= 4 is 24.0 Å². The van der Waals surface area contributed by atoms with Crippen LogP contribution < -0.4 is 0 Å². The van der Waals surface area contributed by atoms with Gasteiger partial charge in [0, 0.05) is 18.3 Å². The highest BCUT2D eigenvalue weighted by Gasteiger charge is 2.36. The molecule has 164 valence electrons. The Bertz CT molecular complexity index is 649. The number of thioether (sulfide) groups is 1. The molecule has 2 rings (SSSR count). The van der Waals surface area contributed by atoms with Crippen molar-refractivity contribution in [1.29, 1.82) is 0 Å². The average molecular weight is 425 g/mol. The number of rotatable bonds is 10. The number of carbonyl (C=O) groups is 2. The highest BCUT2D eigenvalue weighted by atomic mass is 32.2. The van der Waals surface area contributed by atoms with Crippen LogP contribution in [0.3, 0.4) is 0 Å². The minimum atomic E-state index is -0.573. The van der Waals surface area contributed by atoms with Gasteiger partial charge in [0.05, 0.1) is 0 Å². The predicted octanol–water partition coefficient (Wildman–Crippen LogP) is 3.89. The molecule has 1 atom stereocenters. The second kappa shape index (κ2) is 11.1. The van der Waals surface area contributed by atoms with Crippen LogP contribution in [0.4, 0.5) is 0 Å². The van der Waals surface area contributed by atoms with Gasteiger partial charge in [0.1, 0.15) is 6.04 Å². The number of carbonyl (C=O) groups excluding carboxylic acids is 2. The molecule has 8 heteroatoms. The van der Waals surface area contributed by atoms with Crippen molar-refractivity contribution in [3.63, 3.8) is 0 Å². The number of Topliss-reactive ketones (excluding diaryl/α,β-unsaturated/α-hetero) is 1. The molecule has 1 aliphatic carbocycles. The Kier molecular flexibility index (Phi) is 9.14. The zero-order chi connectivity index (χ0) is 21.4. The average Bonchev–Trinajstić information content (AvgIpc) is 2.94. The van der Waals surface area contributed by atoms with Gasteiger partial charge >= 0.3 is 0 Å². The van der Waals surface area contributed by atoms with Gasteiger partial charge in [-0.15, -0.1) is 10.2 Å². The van der Waals surface area contributed by atoms with Crippen LogP contribution in [0.1, 0.15) is 76.4 Å². The minimum absolute atomic E-state index is 0.00655. The molecule has 1 heterocycles. The summed E-state index contributed by atoms with van der Waals surface area (Å²) in [5.41, 5.74) is -0.115. The van der Waals surface area contributed by atoms with E-state index in [2.05, 4.69) is 35.9 Å². The van der Waals surface area contributed by atoms with E-state index in [0.717, 1.165) is 44.4 Å². The van der Waals surface area contributed by atoms with E-state index in [1.54, 1.807) is 4.90 Å². The van der Waals surface area contributed by atoms with Gasteiger partial charge in [-0.1, -0.05) is 58.2 Å². The molecule has 29 heavy (non-hydrogen) atoms. The van der Waals surface area contributed by atoms with Crippen molar-refractivity contribution in [2.24, 2.45) is 5.41 Å². The number of aromatic nitrogens is 2. The fourth-order valence-corrected chi connectivity index (χ4v) is 4.58. The van der Waals surface area contributed by atoms with Crippen LogP contribution in [0.2, 0.25) is 0 Å². The van der Waals surface area contributed by atoms with Gasteiger partial charge < -0.3 is 14.2 Å². The SMILES string of the molecule is CN(C)CCSc1nnc(C(=O)C(CC(C)(C)C)N(C=O)C2CCCCCC2)o1. The van der Waals surface area contributed by atoms with E-state index in [-0.39, 0.29) is 23.1 Å². The molecule has 0 radical (unpaired) electrons. The summed E-state index contributed by atoms with van der Waals surface area (Å²) in [7, 11) is 4.00. The van der Waals surface area contributed by atoms with Gasteiger partial charge in [-0.3, -0.25) is 9.59 Å². The first kappa shape index (κ1) is 23.9. The lowest BCUT2D eigenvalue weighted by Gasteiger charge is -2.36. The van der Waals surface area contributed by atoms with Gasteiger partial charge in [0.25, 0.3) is 11.1 Å². The summed E-state index contributed by atoms with van der Waals surface area (Å²) in [6.07, 6.45) is 7.89. The molecule has 1 fully saturated rings. The second-order valence-electron chi connectivity index (χ2n) is 9.37. The number of amides is 1. The molecule has 0 saturated heterocycles. The van der Waals surface area contributed by atoms with Crippen molar-refractivity contribution in [3.05, 3.63) is 5.89 Å². The van der Waals surface area contributed by atoms with E-state index < -0.39 is 6.04 Å². The molecule has 0 aliphatic heterocycles. The Labute approximate surface area is 179 Å². The smallest absolute Gasteiger partial charge is 0.286 e. The summed E-state index contributed by atoms with van der Waals surface area (Å²) in [5.74, 6) is 0.562. The largest absolute Gasteiger partial charge is 0.408 e. The van der Waals surface area contributed by atoms with Crippen molar-refractivity contribution in [1.82, 2.24) is 20.0 Å². The summed E-state index contributed by atoms with van der Waals surface area (Å²) >= 11 is 1.44. The maximum Gasteiger partial charge on any atom is 0.286 e. The molecule has 1 saturated carbocycles. The molecule has 7 nitrogen and oxygen atoms in total. The monoisotopic (exact) mass is 424 g/mol. The first-order valence-electron chi connectivity index (χ1n) is 10.6. The normalized spacial score (nSPS) is 17.2. The highest BCUT2D eigenvalue weighted by molar-refractivity contribution is 7.99. The third-order valence-electron chi connectivity index (χ3n) is 5.22. The maximum absolute atomic E-state index is 13.3. The molecule has 0 spiro atoms. The van der Waals surface area contributed by atoms with Crippen LogP contribution in [-0.4, -0.2) is 70.7 Å². The van der Waals surface area contributed by atoms with Crippen LogP contribution in [0.5, 0.6) is 0 Å². The third-order valence-corrected chi connectivity index (χ3v) is 6.02. The lowest BCUT2D eigenvalue weighted by atomic mass is 9.85. The molecule has 1 aliphatic rings. The Balaban J connectivity index is 2.18. The predicted molar refractivity (Wildman–Crippen MR) is 115 cm³/mol. The van der Waals surface area contributed by atoms with E-state index in [4.69, 9.17) is 4.42 Å². The van der Waals surface area contributed by atoms with Crippen molar-refractivity contribution < 1.29 is 14.0 Å². The lowest BCUT2D eigenvalue weighted by Crippen LogP contribution is -2.48. The van der Waals surface area contributed by atoms with Gasteiger partial charge in [-0.25, -0.2) is 0 Å². The highest BCUT2D eigenvalue weighted by Crippen LogP contribution is 2.30. The summed E-state index contributed by atoms with van der Waals surface area (Å²) in [4.78, 5) is 29.2.